The van der Waals surface area contributed by atoms with E-state index in [0.29, 0.717) is 17.0 Å². The minimum absolute atomic E-state index is 0.202. The molecule has 0 aliphatic carbocycles. The van der Waals surface area contributed by atoms with Crippen LogP contribution in [0.15, 0.2) is 36.9 Å². The highest BCUT2D eigenvalue weighted by Gasteiger charge is 2.15. The van der Waals surface area contributed by atoms with Crippen molar-refractivity contribution in [2.45, 2.75) is 40.3 Å². The Morgan fingerprint density at radius 1 is 1.12 bits per heavy atom. The van der Waals surface area contributed by atoms with Crippen molar-refractivity contribution >= 4 is 16.7 Å². The maximum atomic E-state index is 9.10. The summed E-state index contributed by atoms with van der Waals surface area (Å²) in [4.78, 5) is 11.3. The summed E-state index contributed by atoms with van der Waals surface area (Å²) in [6.45, 7) is 11.1. The summed E-state index contributed by atoms with van der Waals surface area (Å²) >= 11 is 0. The molecule has 32 heavy (non-hydrogen) atoms. The number of nitrogens with zero attached hydrogens (tertiary/aromatic N) is 9. The van der Waals surface area contributed by atoms with Crippen LogP contribution in [-0.2, 0) is 6.54 Å². The van der Waals surface area contributed by atoms with Gasteiger partial charge in [-0.25, -0.2) is 14.6 Å². The summed E-state index contributed by atoms with van der Waals surface area (Å²) in [5.41, 5.74) is 3.71. The smallest absolute Gasteiger partial charge is 0.164 e. The van der Waals surface area contributed by atoms with Gasteiger partial charge in [0.15, 0.2) is 11.5 Å². The third kappa shape index (κ3) is 4.29. The summed E-state index contributed by atoms with van der Waals surface area (Å²) in [7, 11) is 0. The summed E-state index contributed by atoms with van der Waals surface area (Å²) in [5, 5.41) is 26.5. The van der Waals surface area contributed by atoms with Crippen molar-refractivity contribution in [2.24, 2.45) is 0 Å². The minimum atomic E-state index is 0.202. The van der Waals surface area contributed by atoms with Crippen molar-refractivity contribution in [1.29, 1.82) is 5.26 Å². The van der Waals surface area contributed by atoms with E-state index >= 15 is 0 Å². The lowest BCUT2D eigenvalue weighted by atomic mass is 10.2. The highest BCUT2D eigenvalue weighted by Crippen LogP contribution is 2.24. The van der Waals surface area contributed by atoms with Crippen LogP contribution in [0.2, 0.25) is 0 Å². The van der Waals surface area contributed by atoms with Crippen molar-refractivity contribution in [3.05, 3.63) is 48.2 Å². The number of rotatable bonds is 8. The number of nitrogens with one attached hydrogen (secondary N) is 1. The summed E-state index contributed by atoms with van der Waals surface area (Å²) in [6.07, 6.45) is 6.92. The quantitative estimate of drug-likeness (QED) is 0.454. The van der Waals surface area contributed by atoms with E-state index in [2.05, 4.69) is 69.4 Å². The Balaban J connectivity index is 1.72. The number of nitriles is 1. The van der Waals surface area contributed by atoms with Gasteiger partial charge < -0.3 is 5.32 Å². The third-order valence-corrected chi connectivity index (χ3v) is 5.13. The molecule has 0 bridgehead atoms. The first-order valence-corrected chi connectivity index (χ1v) is 10.7. The van der Waals surface area contributed by atoms with Gasteiger partial charge in [0, 0.05) is 30.2 Å². The van der Waals surface area contributed by atoms with Crippen LogP contribution in [0.5, 0.6) is 0 Å². The summed E-state index contributed by atoms with van der Waals surface area (Å²) in [6, 6.07) is 5.99. The van der Waals surface area contributed by atoms with Crippen LogP contribution >= 0.6 is 0 Å². The Bertz CT molecular complexity index is 1260. The van der Waals surface area contributed by atoms with Gasteiger partial charge in [0.2, 0.25) is 0 Å². The molecule has 10 nitrogen and oxygen atoms in total. The van der Waals surface area contributed by atoms with Gasteiger partial charge >= 0.3 is 0 Å². The van der Waals surface area contributed by atoms with Crippen molar-refractivity contribution in [3.63, 3.8) is 0 Å². The molecular formula is C22H26N10. The molecule has 0 unspecified atom stereocenters. The Kier molecular flexibility index (Phi) is 6.09. The standard InChI is InChI=1S/C22H26N10/c1-5-30(6-2)13-18-14-31(29-28-18)20-12-24-21(8-19(20)27-15(3)4)32-22-17(11-26-32)7-16(9-23)10-25-22/h7-8,10-12,14-15H,5-6,13H2,1-4H3,(H,24,27). The molecule has 4 heterocycles. The van der Waals surface area contributed by atoms with Crippen molar-refractivity contribution in [1.82, 2.24) is 39.6 Å². The molecule has 0 atom stereocenters. The van der Waals surface area contributed by atoms with Crippen LogP contribution in [0.25, 0.3) is 22.5 Å². The summed E-state index contributed by atoms with van der Waals surface area (Å²) < 4.78 is 3.41. The van der Waals surface area contributed by atoms with Gasteiger partial charge in [0.1, 0.15) is 11.8 Å². The fourth-order valence-electron chi connectivity index (χ4n) is 3.48. The molecule has 0 saturated heterocycles. The number of hydrogen-bond donors (Lipinski definition) is 1. The lowest BCUT2D eigenvalue weighted by molar-refractivity contribution is 0.292. The number of fused-ring (bicyclic) bond motifs is 1. The van der Waals surface area contributed by atoms with Crippen LogP contribution in [-0.4, -0.2) is 58.8 Å². The Hall–Kier alpha value is -3.84. The lowest BCUT2D eigenvalue weighted by Gasteiger charge is -2.16. The van der Waals surface area contributed by atoms with Crippen LogP contribution < -0.4 is 5.32 Å². The average Bonchev–Trinajstić information content (AvgIpc) is 3.43. The monoisotopic (exact) mass is 430 g/mol. The molecule has 10 heteroatoms. The molecule has 0 fully saturated rings. The molecule has 0 aromatic carbocycles. The SMILES string of the molecule is CCN(CC)Cc1cn(-c2cnc(-n3ncc4cc(C#N)cnc43)cc2NC(C)C)nn1. The van der Waals surface area contributed by atoms with Gasteiger partial charge in [-0.05, 0) is 33.0 Å². The van der Waals surface area contributed by atoms with Crippen LogP contribution in [0.4, 0.5) is 5.69 Å². The highest BCUT2D eigenvalue weighted by molar-refractivity contribution is 5.77. The molecule has 0 spiro atoms. The zero-order valence-corrected chi connectivity index (χ0v) is 18.7. The number of pyridine rings is 2. The Morgan fingerprint density at radius 2 is 1.94 bits per heavy atom. The summed E-state index contributed by atoms with van der Waals surface area (Å²) in [5.74, 6) is 0.618. The predicted molar refractivity (Wildman–Crippen MR) is 122 cm³/mol. The van der Waals surface area contributed by atoms with E-state index in [-0.39, 0.29) is 6.04 Å². The molecule has 1 N–H and O–H groups in total. The molecule has 4 aromatic heterocycles. The van der Waals surface area contributed by atoms with Crippen molar-refractivity contribution in [3.8, 4) is 17.6 Å². The zero-order chi connectivity index (χ0) is 22.7. The van der Waals surface area contributed by atoms with Crippen LogP contribution in [0.3, 0.4) is 0 Å². The molecule has 4 aromatic rings. The minimum Gasteiger partial charge on any atom is -0.381 e. The second-order valence-electron chi connectivity index (χ2n) is 7.78. The molecule has 4 rings (SSSR count). The van der Waals surface area contributed by atoms with Gasteiger partial charge in [0.25, 0.3) is 0 Å². The lowest BCUT2D eigenvalue weighted by Crippen LogP contribution is -2.22. The molecule has 0 saturated carbocycles. The second-order valence-corrected chi connectivity index (χ2v) is 7.78. The molecule has 0 aliphatic rings. The van der Waals surface area contributed by atoms with Crippen molar-refractivity contribution < 1.29 is 0 Å². The number of aromatic nitrogens is 7. The number of hydrogen-bond acceptors (Lipinski definition) is 8. The van der Waals surface area contributed by atoms with Gasteiger partial charge in [0.05, 0.1) is 35.5 Å². The first kappa shape index (κ1) is 21.4. The zero-order valence-electron chi connectivity index (χ0n) is 18.7. The predicted octanol–water partition coefficient (Wildman–Crippen LogP) is 2.93. The van der Waals surface area contributed by atoms with Crippen molar-refractivity contribution in [2.75, 3.05) is 18.4 Å². The van der Waals surface area contributed by atoms with E-state index in [1.165, 1.54) is 6.20 Å². The van der Waals surface area contributed by atoms with Gasteiger partial charge in [-0.15, -0.1) is 5.10 Å². The first-order chi connectivity index (χ1) is 15.5. The van der Waals surface area contributed by atoms with E-state index in [9.17, 15) is 0 Å². The van der Waals surface area contributed by atoms with E-state index in [4.69, 9.17) is 5.26 Å². The van der Waals surface area contributed by atoms with E-state index in [0.717, 1.165) is 42.1 Å². The maximum absolute atomic E-state index is 9.10. The van der Waals surface area contributed by atoms with E-state index in [1.54, 1.807) is 27.8 Å². The highest BCUT2D eigenvalue weighted by atomic mass is 15.4. The molecule has 0 radical (unpaired) electrons. The first-order valence-electron chi connectivity index (χ1n) is 10.7. The molecule has 0 aliphatic heterocycles. The fourth-order valence-corrected chi connectivity index (χ4v) is 3.48. The second kappa shape index (κ2) is 9.11. The largest absolute Gasteiger partial charge is 0.381 e. The fraction of sp³-hybridized carbons (Fsp3) is 0.364. The molecule has 164 valence electrons. The molecule has 0 amide bonds. The van der Waals surface area contributed by atoms with E-state index < -0.39 is 0 Å². The Labute approximate surface area is 186 Å². The Morgan fingerprint density at radius 3 is 2.66 bits per heavy atom. The van der Waals surface area contributed by atoms with E-state index in [1.807, 2.05) is 12.3 Å². The third-order valence-electron chi connectivity index (χ3n) is 5.13. The topological polar surface area (TPSA) is 113 Å². The van der Waals surface area contributed by atoms with Crippen LogP contribution in [0.1, 0.15) is 39.0 Å². The number of anilines is 1. The van der Waals surface area contributed by atoms with Gasteiger partial charge in [-0.1, -0.05) is 19.1 Å². The average molecular weight is 431 g/mol. The maximum Gasteiger partial charge on any atom is 0.164 e. The van der Waals surface area contributed by atoms with Gasteiger partial charge in [-0.3, -0.25) is 4.90 Å². The molecular weight excluding hydrogens is 404 g/mol. The van der Waals surface area contributed by atoms with Crippen LogP contribution in [0, 0.1) is 11.3 Å². The van der Waals surface area contributed by atoms with Gasteiger partial charge in [-0.2, -0.15) is 15.0 Å². The normalized spacial score (nSPS) is 11.4.